The monoisotopic (exact) mass is 367 g/mol. The van der Waals surface area contributed by atoms with Crippen molar-refractivity contribution in [3.05, 3.63) is 28.2 Å². The molecule has 0 aromatic heterocycles. The second-order valence-electron chi connectivity index (χ2n) is 4.43. The Hall–Kier alpha value is -0.100. The molecule has 0 radical (unpaired) electrons. The summed E-state index contributed by atoms with van der Waals surface area (Å²) in [5, 5.41) is 0. The molecule has 0 unspecified atom stereocenters. The van der Waals surface area contributed by atoms with Crippen molar-refractivity contribution in [3.8, 4) is 0 Å². The quantitative estimate of drug-likeness (QED) is 0.539. The van der Waals surface area contributed by atoms with Crippen LogP contribution in [-0.4, -0.2) is 26.3 Å². The molecule has 0 heterocycles. The molecule has 0 atom stereocenters. The second-order valence-corrected chi connectivity index (χ2v) is 7.57. The summed E-state index contributed by atoms with van der Waals surface area (Å²) in [7, 11) is -1.81. The highest BCUT2D eigenvalue weighted by Gasteiger charge is 2.22. The minimum atomic E-state index is -3.43. The second kappa shape index (κ2) is 7.62. The number of alkyl halides is 1. The van der Waals surface area contributed by atoms with Gasteiger partial charge >= 0.3 is 0 Å². The largest absolute Gasteiger partial charge is 0.243 e. The van der Waals surface area contributed by atoms with Crippen LogP contribution >= 0.6 is 27.5 Å². The summed E-state index contributed by atoms with van der Waals surface area (Å²) in [5.41, 5.74) is 0.890. The molecular weight excluding hydrogens is 350 g/mol. The van der Waals surface area contributed by atoms with Crippen LogP contribution in [0, 0.1) is 0 Å². The molecule has 0 spiro atoms. The SMILES string of the molecule is CCCCCN(C)S(=O)(=O)c1ccc(CCl)cc1Br. The number of hydrogen-bond donors (Lipinski definition) is 0. The van der Waals surface area contributed by atoms with E-state index < -0.39 is 10.0 Å². The molecule has 0 bridgehead atoms. The molecule has 1 aromatic carbocycles. The van der Waals surface area contributed by atoms with Crippen molar-refractivity contribution in [2.45, 2.75) is 37.0 Å². The highest BCUT2D eigenvalue weighted by atomic mass is 79.9. The highest BCUT2D eigenvalue weighted by Crippen LogP contribution is 2.26. The molecule has 0 amide bonds. The predicted molar refractivity (Wildman–Crippen MR) is 83.0 cm³/mol. The van der Waals surface area contributed by atoms with Crippen LogP contribution in [0.25, 0.3) is 0 Å². The lowest BCUT2D eigenvalue weighted by molar-refractivity contribution is 0.454. The smallest absolute Gasteiger partial charge is 0.207 e. The van der Waals surface area contributed by atoms with E-state index in [1.54, 1.807) is 25.2 Å². The fourth-order valence-electron chi connectivity index (χ4n) is 1.71. The van der Waals surface area contributed by atoms with E-state index in [4.69, 9.17) is 11.6 Å². The van der Waals surface area contributed by atoms with Gasteiger partial charge in [0.05, 0.1) is 4.90 Å². The third-order valence-electron chi connectivity index (χ3n) is 2.92. The molecule has 0 aliphatic heterocycles. The van der Waals surface area contributed by atoms with Crippen LogP contribution in [0.5, 0.6) is 0 Å². The summed E-state index contributed by atoms with van der Waals surface area (Å²) in [5.74, 6) is 0.366. The van der Waals surface area contributed by atoms with Crippen molar-refractivity contribution >= 4 is 37.6 Å². The zero-order valence-electron chi connectivity index (χ0n) is 11.2. The van der Waals surface area contributed by atoms with Crippen molar-refractivity contribution in [3.63, 3.8) is 0 Å². The van der Waals surface area contributed by atoms with Crippen molar-refractivity contribution in [2.24, 2.45) is 0 Å². The van der Waals surface area contributed by atoms with Crippen LogP contribution in [0.1, 0.15) is 31.7 Å². The van der Waals surface area contributed by atoms with Gasteiger partial charge in [0, 0.05) is 23.9 Å². The first-order chi connectivity index (χ1) is 8.93. The maximum Gasteiger partial charge on any atom is 0.243 e. The highest BCUT2D eigenvalue weighted by molar-refractivity contribution is 9.10. The zero-order valence-corrected chi connectivity index (χ0v) is 14.4. The number of sulfonamides is 1. The van der Waals surface area contributed by atoms with Crippen LogP contribution in [0.2, 0.25) is 0 Å². The molecular formula is C13H19BrClNO2S. The minimum Gasteiger partial charge on any atom is -0.207 e. The van der Waals surface area contributed by atoms with E-state index in [0.29, 0.717) is 21.8 Å². The molecule has 3 nitrogen and oxygen atoms in total. The van der Waals surface area contributed by atoms with Gasteiger partial charge in [-0.05, 0) is 40.0 Å². The Morgan fingerprint density at radius 1 is 1.32 bits per heavy atom. The summed E-state index contributed by atoms with van der Waals surface area (Å²) in [6, 6.07) is 5.09. The Morgan fingerprint density at radius 3 is 2.53 bits per heavy atom. The van der Waals surface area contributed by atoms with Crippen LogP contribution in [0.15, 0.2) is 27.6 Å². The molecule has 0 saturated heterocycles. The van der Waals surface area contributed by atoms with E-state index in [2.05, 4.69) is 22.9 Å². The van der Waals surface area contributed by atoms with Gasteiger partial charge in [0.25, 0.3) is 0 Å². The van der Waals surface area contributed by atoms with Gasteiger partial charge < -0.3 is 0 Å². The fraction of sp³-hybridized carbons (Fsp3) is 0.538. The zero-order chi connectivity index (χ0) is 14.5. The molecule has 0 aliphatic rings. The summed E-state index contributed by atoms with van der Waals surface area (Å²) >= 11 is 9.04. The van der Waals surface area contributed by atoms with Gasteiger partial charge in [0.15, 0.2) is 0 Å². The van der Waals surface area contributed by atoms with Gasteiger partial charge in [-0.25, -0.2) is 12.7 Å². The average Bonchev–Trinajstić information content (AvgIpc) is 2.38. The molecule has 0 saturated carbocycles. The predicted octanol–water partition coefficient (Wildman–Crippen LogP) is 4.00. The van der Waals surface area contributed by atoms with E-state index in [0.717, 1.165) is 24.8 Å². The number of nitrogens with zero attached hydrogens (tertiary/aromatic N) is 1. The summed E-state index contributed by atoms with van der Waals surface area (Å²) in [6.45, 7) is 2.63. The molecule has 0 fully saturated rings. The standard InChI is InChI=1S/C13H19BrClNO2S/c1-3-4-5-8-16(2)19(17,18)13-7-6-11(10-15)9-12(13)14/h6-7,9H,3-5,8,10H2,1-2H3. The van der Waals surface area contributed by atoms with Crippen LogP contribution in [0.3, 0.4) is 0 Å². The van der Waals surface area contributed by atoms with Crippen molar-refractivity contribution in [1.29, 1.82) is 0 Å². The fourth-order valence-corrected chi connectivity index (χ4v) is 4.17. The Morgan fingerprint density at radius 2 is 2.00 bits per heavy atom. The average molecular weight is 369 g/mol. The molecule has 1 aromatic rings. The maximum atomic E-state index is 12.4. The molecule has 19 heavy (non-hydrogen) atoms. The van der Waals surface area contributed by atoms with Crippen LogP contribution in [0.4, 0.5) is 0 Å². The van der Waals surface area contributed by atoms with E-state index in [1.807, 2.05) is 0 Å². The Kier molecular flexibility index (Phi) is 6.80. The van der Waals surface area contributed by atoms with Gasteiger partial charge in [-0.3, -0.25) is 0 Å². The van der Waals surface area contributed by atoms with Gasteiger partial charge in [-0.2, -0.15) is 0 Å². The van der Waals surface area contributed by atoms with Crippen LogP contribution < -0.4 is 0 Å². The molecule has 108 valence electrons. The Balaban J connectivity index is 2.93. The molecule has 6 heteroatoms. The van der Waals surface area contributed by atoms with E-state index in [9.17, 15) is 8.42 Å². The van der Waals surface area contributed by atoms with E-state index in [1.165, 1.54) is 4.31 Å². The van der Waals surface area contributed by atoms with Crippen molar-refractivity contribution in [1.82, 2.24) is 4.31 Å². The third kappa shape index (κ3) is 4.45. The van der Waals surface area contributed by atoms with Gasteiger partial charge in [-0.1, -0.05) is 25.8 Å². The van der Waals surface area contributed by atoms with Crippen LogP contribution in [-0.2, 0) is 15.9 Å². The van der Waals surface area contributed by atoms with Gasteiger partial charge in [0.2, 0.25) is 10.0 Å². The molecule has 0 aliphatic carbocycles. The van der Waals surface area contributed by atoms with E-state index in [-0.39, 0.29) is 0 Å². The normalized spacial score (nSPS) is 12.1. The Bertz CT molecular complexity index is 519. The lowest BCUT2D eigenvalue weighted by Gasteiger charge is -2.18. The number of benzene rings is 1. The minimum absolute atomic E-state index is 0.292. The van der Waals surface area contributed by atoms with Crippen molar-refractivity contribution < 1.29 is 8.42 Å². The molecule has 0 N–H and O–H groups in total. The first-order valence-corrected chi connectivity index (χ1v) is 9.01. The van der Waals surface area contributed by atoms with E-state index >= 15 is 0 Å². The number of rotatable bonds is 7. The number of halogens is 2. The van der Waals surface area contributed by atoms with Crippen molar-refractivity contribution in [2.75, 3.05) is 13.6 Å². The molecule has 1 rings (SSSR count). The number of hydrogen-bond acceptors (Lipinski definition) is 2. The summed E-state index contributed by atoms with van der Waals surface area (Å²) < 4.78 is 26.8. The van der Waals surface area contributed by atoms with Gasteiger partial charge in [0.1, 0.15) is 0 Å². The third-order valence-corrected chi connectivity index (χ3v) is 6.06. The summed E-state index contributed by atoms with van der Waals surface area (Å²) in [4.78, 5) is 0.292. The number of unbranched alkanes of at least 4 members (excludes halogenated alkanes) is 2. The maximum absolute atomic E-state index is 12.4. The Labute approximate surface area is 129 Å². The van der Waals surface area contributed by atoms with Gasteiger partial charge in [-0.15, -0.1) is 11.6 Å². The summed E-state index contributed by atoms with van der Waals surface area (Å²) in [6.07, 6.45) is 2.98. The lowest BCUT2D eigenvalue weighted by Crippen LogP contribution is -2.28. The first-order valence-electron chi connectivity index (χ1n) is 6.24. The lowest BCUT2D eigenvalue weighted by atomic mass is 10.2. The topological polar surface area (TPSA) is 37.4 Å². The first kappa shape index (κ1) is 17.0.